The van der Waals surface area contributed by atoms with Crippen molar-refractivity contribution >= 4 is 33.2 Å². The molecule has 0 aliphatic rings. The van der Waals surface area contributed by atoms with E-state index in [1.807, 2.05) is 6.07 Å². The van der Waals surface area contributed by atoms with Crippen LogP contribution in [-0.2, 0) is 14.8 Å². The van der Waals surface area contributed by atoms with Gasteiger partial charge in [-0.05, 0) is 36.4 Å². The molecule has 0 saturated carbocycles. The molecule has 6 nitrogen and oxygen atoms in total. The zero-order valence-corrected chi connectivity index (χ0v) is 15.3. The molecule has 2 aromatic rings. The maximum absolute atomic E-state index is 12.3. The lowest BCUT2D eigenvalue weighted by atomic mass is 10.3. The second-order valence-electron chi connectivity index (χ2n) is 5.21. The SMILES string of the molecule is CN(c1ccccc1)S(=O)(=O)CCNC(=O)COc1ccc(Cl)cc1. The first kappa shape index (κ1) is 19.1. The zero-order chi connectivity index (χ0) is 18.3. The molecule has 25 heavy (non-hydrogen) atoms. The summed E-state index contributed by atoms with van der Waals surface area (Å²) in [5.41, 5.74) is 0.569. The van der Waals surface area contributed by atoms with E-state index in [0.717, 1.165) is 0 Å². The third-order valence-corrected chi connectivity index (χ3v) is 5.42. The normalized spacial score (nSPS) is 11.0. The molecule has 0 aliphatic heterocycles. The van der Waals surface area contributed by atoms with Gasteiger partial charge in [0, 0.05) is 18.6 Å². The molecule has 0 atom stereocenters. The number of para-hydroxylation sites is 1. The highest BCUT2D eigenvalue weighted by molar-refractivity contribution is 7.92. The van der Waals surface area contributed by atoms with Gasteiger partial charge in [-0.1, -0.05) is 29.8 Å². The first-order chi connectivity index (χ1) is 11.9. The van der Waals surface area contributed by atoms with Crippen LogP contribution < -0.4 is 14.4 Å². The minimum absolute atomic E-state index is 0.00230. The Balaban J connectivity index is 1.77. The third-order valence-electron chi connectivity index (χ3n) is 3.40. The Hall–Kier alpha value is -2.25. The number of halogens is 1. The summed E-state index contributed by atoms with van der Waals surface area (Å²) in [6, 6.07) is 15.3. The van der Waals surface area contributed by atoms with E-state index in [1.54, 1.807) is 48.5 Å². The van der Waals surface area contributed by atoms with Crippen LogP contribution in [0.4, 0.5) is 5.69 Å². The van der Waals surface area contributed by atoms with Crippen molar-refractivity contribution < 1.29 is 17.9 Å². The number of carbonyl (C=O) groups excluding carboxylic acids is 1. The maximum Gasteiger partial charge on any atom is 0.257 e. The van der Waals surface area contributed by atoms with Crippen molar-refractivity contribution in [2.24, 2.45) is 0 Å². The van der Waals surface area contributed by atoms with Crippen molar-refractivity contribution in [1.29, 1.82) is 0 Å². The van der Waals surface area contributed by atoms with E-state index in [-0.39, 0.29) is 18.9 Å². The quantitative estimate of drug-likeness (QED) is 0.760. The second-order valence-corrected chi connectivity index (χ2v) is 7.77. The van der Waals surface area contributed by atoms with E-state index in [4.69, 9.17) is 16.3 Å². The fraction of sp³-hybridized carbons (Fsp3) is 0.235. The number of hydrogen-bond acceptors (Lipinski definition) is 4. The summed E-state index contributed by atoms with van der Waals surface area (Å²) >= 11 is 5.76. The van der Waals surface area contributed by atoms with Crippen molar-refractivity contribution in [1.82, 2.24) is 5.32 Å². The number of rotatable bonds is 8. The Morgan fingerprint density at radius 1 is 1.12 bits per heavy atom. The predicted molar refractivity (Wildman–Crippen MR) is 98.6 cm³/mol. The smallest absolute Gasteiger partial charge is 0.257 e. The highest BCUT2D eigenvalue weighted by atomic mass is 35.5. The van der Waals surface area contributed by atoms with Gasteiger partial charge in [-0.25, -0.2) is 8.42 Å². The van der Waals surface area contributed by atoms with Gasteiger partial charge in [0.05, 0.1) is 11.4 Å². The van der Waals surface area contributed by atoms with Crippen LogP contribution in [0.15, 0.2) is 54.6 Å². The van der Waals surface area contributed by atoms with E-state index in [9.17, 15) is 13.2 Å². The van der Waals surface area contributed by atoms with E-state index >= 15 is 0 Å². The molecule has 0 saturated heterocycles. The largest absolute Gasteiger partial charge is 0.484 e. The minimum Gasteiger partial charge on any atom is -0.484 e. The summed E-state index contributed by atoms with van der Waals surface area (Å²) in [6.07, 6.45) is 0. The number of sulfonamides is 1. The van der Waals surface area contributed by atoms with Gasteiger partial charge in [0.25, 0.3) is 5.91 Å². The van der Waals surface area contributed by atoms with Gasteiger partial charge in [0.1, 0.15) is 5.75 Å². The van der Waals surface area contributed by atoms with Crippen LogP contribution in [0.2, 0.25) is 5.02 Å². The molecule has 0 heterocycles. The molecule has 1 amide bonds. The predicted octanol–water partition coefficient (Wildman–Crippen LogP) is 2.30. The number of nitrogens with one attached hydrogen (secondary N) is 1. The lowest BCUT2D eigenvalue weighted by Gasteiger charge is -2.19. The molecule has 2 rings (SSSR count). The van der Waals surface area contributed by atoms with Gasteiger partial charge < -0.3 is 10.1 Å². The summed E-state index contributed by atoms with van der Waals surface area (Å²) < 4.78 is 31.0. The summed E-state index contributed by atoms with van der Waals surface area (Å²) in [7, 11) is -2.04. The summed E-state index contributed by atoms with van der Waals surface area (Å²) in [4.78, 5) is 11.7. The van der Waals surface area contributed by atoms with Gasteiger partial charge >= 0.3 is 0 Å². The molecule has 134 valence electrons. The Labute approximate surface area is 152 Å². The minimum atomic E-state index is -3.52. The van der Waals surface area contributed by atoms with E-state index < -0.39 is 15.9 Å². The molecule has 2 aromatic carbocycles. The van der Waals surface area contributed by atoms with E-state index in [0.29, 0.717) is 16.5 Å². The van der Waals surface area contributed by atoms with Crippen LogP contribution in [0.25, 0.3) is 0 Å². The van der Waals surface area contributed by atoms with Crippen LogP contribution in [0.1, 0.15) is 0 Å². The Bertz CT molecular complexity index is 795. The number of nitrogens with zero attached hydrogens (tertiary/aromatic N) is 1. The lowest BCUT2D eigenvalue weighted by molar-refractivity contribution is -0.122. The zero-order valence-electron chi connectivity index (χ0n) is 13.7. The number of benzene rings is 2. The molecular formula is C17H19ClN2O4S. The lowest BCUT2D eigenvalue weighted by Crippen LogP contribution is -2.37. The summed E-state index contributed by atoms with van der Waals surface area (Å²) in [5.74, 6) is -0.0889. The van der Waals surface area contributed by atoms with Gasteiger partial charge in [0.2, 0.25) is 10.0 Å². The standard InChI is InChI=1S/C17H19ClN2O4S/c1-20(15-5-3-2-4-6-15)25(22,23)12-11-19-17(21)13-24-16-9-7-14(18)8-10-16/h2-10H,11-13H2,1H3,(H,19,21). The highest BCUT2D eigenvalue weighted by Crippen LogP contribution is 2.16. The van der Waals surface area contributed by atoms with Crippen molar-refractivity contribution in [3.63, 3.8) is 0 Å². The molecular weight excluding hydrogens is 364 g/mol. The monoisotopic (exact) mass is 382 g/mol. The van der Waals surface area contributed by atoms with E-state index in [2.05, 4.69) is 5.32 Å². The van der Waals surface area contributed by atoms with Crippen molar-refractivity contribution in [2.45, 2.75) is 0 Å². The van der Waals surface area contributed by atoms with Crippen LogP contribution in [0, 0.1) is 0 Å². The topological polar surface area (TPSA) is 75.7 Å². The molecule has 0 fully saturated rings. The van der Waals surface area contributed by atoms with Gasteiger partial charge in [-0.3, -0.25) is 9.10 Å². The summed E-state index contributed by atoms with van der Waals surface area (Å²) in [6.45, 7) is -0.196. The number of ether oxygens (including phenoxy) is 1. The van der Waals surface area contributed by atoms with Crippen molar-refractivity contribution in [3.8, 4) is 5.75 Å². The second kappa shape index (κ2) is 8.73. The third kappa shape index (κ3) is 5.95. The van der Waals surface area contributed by atoms with Crippen LogP contribution in [-0.4, -0.2) is 40.3 Å². The molecule has 0 aliphatic carbocycles. The average Bonchev–Trinajstić information content (AvgIpc) is 2.61. The van der Waals surface area contributed by atoms with Crippen LogP contribution in [0.3, 0.4) is 0 Å². The Kier molecular flexibility index (Phi) is 6.66. The fourth-order valence-corrected chi connectivity index (χ4v) is 3.19. The van der Waals surface area contributed by atoms with Crippen molar-refractivity contribution in [2.75, 3.05) is 30.3 Å². The number of amides is 1. The summed E-state index contributed by atoms with van der Waals surface area (Å²) in [5, 5.41) is 3.10. The van der Waals surface area contributed by atoms with Gasteiger partial charge in [0.15, 0.2) is 6.61 Å². The van der Waals surface area contributed by atoms with Crippen molar-refractivity contribution in [3.05, 3.63) is 59.6 Å². The molecule has 8 heteroatoms. The fourth-order valence-electron chi connectivity index (χ4n) is 1.99. The van der Waals surface area contributed by atoms with Gasteiger partial charge in [-0.15, -0.1) is 0 Å². The molecule has 0 bridgehead atoms. The molecule has 0 aromatic heterocycles. The first-order valence-electron chi connectivity index (χ1n) is 7.55. The average molecular weight is 383 g/mol. The Morgan fingerprint density at radius 3 is 2.40 bits per heavy atom. The van der Waals surface area contributed by atoms with E-state index in [1.165, 1.54) is 11.4 Å². The Morgan fingerprint density at radius 2 is 1.76 bits per heavy atom. The molecule has 0 spiro atoms. The van der Waals surface area contributed by atoms with Crippen LogP contribution >= 0.6 is 11.6 Å². The number of carbonyl (C=O) groups is 1. The number of hydrogen-bond donors (Lipinski definition) is 1. The first-order valence-corrected chi connectivity index (χ1v) is 9.54. The molecule has 0 radical (unpaired) electrons. The van der Waals surface area contributed by atoms with Gasteiger partial charge in [-0.2, -0.15) is 0 Å². The molecule has 0 unspecified atom stereocenters. The van der Waals surface area contributed by atoms with Crippen LogP contribution in [0.5, 0.6) is 5.75 Å². The molecule has 1 N–H and O–H groups in total. The number of anilines is 1. The maximum atomic E-state index is 12.3. The highest BCUT2D eigenvalue weighted by Gasteiger charge is 2.18.